The van der Waals surface area contributed by atoms with Crippen molar-refractivity contribution in [2.45, 2.75) is 11.3 Å². The Kier molecular flexibility index (Phi) is 4.20. The van der Waals surface area contributed by atoms with Gasteiger partial charge in [-0.2, -0.15) is 0 Å². The zero-order valence-corrected chi connectivity index (χ0v) is 11.9. The fourth-order valence-corrected chi connectivity index (χ4v) is 3.72. The van der Waals surface area contributed by atoms with Crippen molar-refractivity contribution in [3.8, 4) is 0 Å². The third-order valence-corrected chi connectivity index (χ3v) is 4.91. The van der Waals surface area contributed by atoms with E-state index in [4.69, 9.17) is 11.6 Å². The molecule has 0 amide bonds. The lowest BCUT2D eigenvalue weighted by atomic mass is 10.2. The standard InChI is InChI=1S/C12H11ClN2O4S/c13-6-2-8-20(18,19)11-5-4-10(15(16)17)12-9(11)3-1-7-14-12/h1,3-5,7H,2,6,8H2. The summed E-state index contributed by atoms with van der Waals surface area (Å²) in [5.41, 5.74) is -0.138. The van der Waals surface area contributed by atoms with E-state index in [0.717, 1.165) is 0 Å². The molecule has 0 aliphatic carbocycles. The van der Waals surface area contributed by atoms with Crippen LogP contribution in [0, 0.1) is 10.1 Å². The molecule has 0 spiro atoms. The van der Waals surface area contributed by atoms with Crippen molar-refractivity contribution in [2.24, 2.45) is 0 Å². The molecule has 1 aromatic heterocycles. The second-order valence-electron chi connectivity index (χ2n) is 4.10. The molecule has 0 N–H and O–H groups in total. The van der Waals surface area contributed by atoms with Gasteiger partial charge in [-0.3, -0.25) is 10.1 Å². The Bertz CT molecular complexity index is 761. The summed E-state index contributed by atoms with van der Waals surface area (Å²) in [6.45, 7) is 0. The van der Waals surface area contributed by atoms with E-state index in [9.17, 15) is 18.5 Å². The second kappa shape index (κ2) is 5.72. The first-order chi connectivity index (χ1) is 9.47. The van der Waals surface area contributed by atoms with Crippen molar-refractivity contribution in [1.82, 2.24) is 4.98 Å². The maximum absolute atomic E-state index is 12.2. The van der Waals surface area contributed by atoms with Gasteiger partial charge in [0.25, 0.3) is 5.69 Å². The van der Waals surface area contributed by atoms with Gasteiger partial charge < -0.3 is 0 Å². The van der Waals surface area contributed by atoms with Crippen LogP contribution < -0.4 is 0 Å². The molecule has 2 rings (SSSR count). The Morgan fingerprint density at radius 2 is 2.05 bits per heavy atom. The maximum atomic E-state index is 12.2. The summed E-state index contributed by atoms with van der Waals surface area (Å²) in [5.74, 6) is 0.140. The van der Waals surface area contributed by atoms with E-state index in [2.05, 4.69) is 4.98 Å². The number of alkyl halides is 1. The number of rotatable bonds is 5. The zero-order chi connectivity index (χ0) is 14.8. The number of halogens is 1. The molecule has 2 aromatic rings. The highest BCUT2D eigenvalue weighted by molar-refractivity contribution is 7.91. The summed E-state index contributed by atoms with van der Waals surface area (Å²) in [5, 5.41) is 11.2. The fraction of sp³-hybridized carbons (Fsp3) is 0.250. The molecule has 1 aromatic carbocycles. The van der Waals surface area contributed by atoms with Crippen molar-refractivity contribution in [3.63, 3.8) is 0 Å². The van der Waals surface area contributed by atoms with Crippen molar-refractivity contribution < 1.29 is 13.3 Å². The monoisotopic (exact) mass is 314 g/mol. The summed E-state index contributed by atoms with van der Waals surface area (Å²) in [6.07, 6.45) is 1.72. The number of nitrogens with zero attached hydrogens (tertiary/aromatic N) is 2. The van der Waals surface area contributed by atoms with Gasteiger partial charge in [0.05, 0.1) is 15.6 Å². The van der Waals surface area contributed by atoms with Crippen LogP contribution in [0.2, 0.25) is 0 Å². The van der Waals surface area contributed by atoms with Gasteiger partial charge in [0, 0.05) is 23.5 Å². The van der Waals surface area contributed by atoms with E-state index in [0.29, 0.717) is 6.42 Å². The van der Waals surface area contributed by atoms with Crippen LogP contribution in [0.3, 0.4) is 0 Å². The Morgan fingerprint density at radius 3 is 2.70 bits per heavy atom. The first-order valence-electron chi connectivity index (χ1n) is 5.78. The molecule has 0 saturated heterocycles. The SMILES string of the molecule is O=[N+]([O-])c1ccc(S(=O)(=O)CCCCl)c2cccnc12. The molecule has 8 heteroatoms. The minimum Gasteiger partial charge on any atom is -0.258 e. The van der Waals surface area contributed by atoms with Gasteiger partial charge in [0.1, 0.15) is 5.52 Å². The van der Waals surface area contributed by atoms with Crippen LogP contribution in [0.15, 0.2) is 35.4 Å². The molecular formula is C12H11ClN2O4S. The third-order valence-electron chi connectivity index (χ3n) is 2.79. The van der Waals surface area contributed by atoms with Crippen LogP contribution in [-0.4, -0.2) is 30.0 Å². The number of hydrogen-bond acceptors (Lipinski definition) is 5. The molecule has 0 aliphatic heterocycles. The molecule has 0 bridgehead atoms. The molecule has 0 aliphatic rings. The van der Waals surface area contributed by atoms with Gasteiger partial charge in [-0.05, 0) is 24.6 Å². The highest BCUT2D eigenvalue weighted by atomic mass is 35.5. The van der Waals surface area contributed by atoms with Crippen LogP contribution in [0.4, 0.5) is 5.69 Å². The van der Waals surface area contributed by atoms with E-state index in [1.807, 2.05) is 0 Å². The van der Waals surface area contributed by atoms with Crippen LogP contribution in [0.1, 0.15) is 6.42 Å². The number of benzene rings is 1. The lowest BCUT2D eigenvalue weighted by Crippen LogP contribution is -2.08. The van der Waals surface area contributed by atoms with Crippen molar-refractivity contribution in [1.29, 1.82) is 0 Å². The number of fused-ring (bicyclic) bond motifs is 1. The molecule has 0 unspecified atom stereocenters. The van der Waals surface area contributed by atoms with E-state index < -0.39 is 14.8 Å². The number of non-ortho nitro benzene ring substituents is 1. The predicted octanol–water partition coefficient (Wildman–Crippen LogP) is 2.55. The molecule has 0 radical (unpaired) electrons. The molecule has 106 valence electrons. The second-order valence-corrected chi connectivity index (χ2v) is 6.56. The summed E-state index contributed by atoms with van der Waals surface area (Å²) in [4.78, 5) is 14.3. The van der Waals surface area contributed by atoms with Crippen LogP contribution in [0.5, 0.6) is 0 Å². The minimum absolute atomic E-state index is 0.0521. The quantitative estimate of drug-likeness (QED) is 0.480. The number of sulfone groups is 1. The average Bonchev–Trinajstić information content (AvgIpc) is 2.43. The number of aromatic nitrogens is 1. The Balaban J connectivity index is 2.68. The number of hydrogen-bond donors (Lipinski definition) is 0. The number of nitro benzene ring substituents is 1. The average molecular weight is 315 g/mol. The largest absolute Gasteiger partial charge is 0.295 e. The Labute approximate surface area is 120 Å². The molecule has 1 heterocycles. The number of pyridine rings is 1. The van der Waals surface area contributed by atoms with Crippen LogP contribution in [-0.2, 0) is 9.84 Å². The van der Waals surface area contributed by atoms with Gasteiger partial charge in [-0.25, -0.2) is 13.4 Å². The highest BCUT2D eigenvalue weighted by Crippen LogP contribution is 2.29. The van der Waals surface area contributed by atoms with Crippen molar-refractivity contribution in [3.05, 3.63) is 40.6 Å². The van der Waals surface area contributed by atoms with Crippen molar-refractivity contribution >= 4 is 38.0 Å². The summed E-state index contributed by atoms with van der Waals surface area (Å²) >= 11 is 5.51. The molecule has 0 saturated carbocycles. The molecule has 0 atom stereocenters. The van der Waals surface area contributed by atoms with Gasteiger partial charge in [-0.15, -0.1) is 11.6 Å². The van der Waals surface area contributed by atoms with Crippen LogP contribution in [0.25, 0.3) is 10.9 Å². The van der Waals surface area contributed by atoms with Gasteiger partial charge in [0.15, 0.2) is 9.84 Å². The minimum atomic E-state index is -3.54. The van der Waals surface area contributed by atoms with Gasteiger partial charge >= 0.3 is 0 Å². The molecular weight excluding hydrogens is 304 g/mol. The Hall–Kier alpha value is -1.73. The van der Waals surface area contributed by atoms with Gasteiger partial charge in [0.2, 0.25) is 0 Å². The normalized spacial score (nSPS) is 11.7. The Morgan fingerprint density at radius 1 is 1.30 bits per heavy atom. The number of nitro groups is 1. The van der Waals surface area contributed by atoms with E-state index in [-0.39, 0.29) is 33.1 Å². The first kappa shape index (κ1) is 14.7. The summed E-state index contributed by atoms with van der Waals surface area (Å²) in [7, 11) is -3.54. The van der Waals surface area contributed by atoms with E-state index in [1.165, 1.54) is 24.4 Å². The third kappa shape index (κ3) is 2.73. The predicted molar refractivity (Wildman–Crippen MR) is 75.8 cm³/mol. The maximum Gasteiger partial charge on any atom is 0.295 e. The van der Waals surface area contributed by atoms with Crippen LogP contribution >= 0.6 is 11.6 Å². The smallest absolute Gasteiger partial charge is 0.258 e. The van der Waals surface area contributed by atoms with Gasteiger partial charge in [-0.1, -0.05) is 0 Å². The molecule has 6 nitrogen and oxygen atoms in total. The lowest BCUT2D eigenvalue weighted by molar-refractivity contribution is -0.383. The lowest BCUT2D eigenvalue weighted by Gasteiger charge is -2.07. The molecule has 0 fully saturated rings. The molecule has 20 heavy (non-hydrogen) atoms. The fourth-order valence-electron chi connectivity index (χ4n) is 1.90. The van der Waals surface area contributed by atoms with E-state index in [1.54, 1.807) is 6.07 Å². The first-order valence-corrected chi connectivity index (χ1v) is 7.97. The summed E-state index contributed by atoms with van der Waals surface area (Å²) < 4.78 is 24.5. The zero-order valence-electron chi connectivity index (χ0n) is 10.3. The summed E-state index contributed by atoms with van der Waals surface area (Å²) in [6, 6.07) is 5.49. The van der Waals surface area contributed by atoms with Crippen molar-refractivity contribution in [2.75, 3.05) is 11.6 Å². The highest BCUT2D eigenvalue weighted by Gasteiger charge is 2.22. The van der Waals surface area contributed by atoms with E-state index >= 15 is 0 Å². The topological polar surface area (TPSA) is 90.2 Å².